The minimum absolute atomic E-state index is 0.268. The first-order valence-electron chi connectivity index (χ1n) is 6.86. The summed E-state index contributed by atoms with van der Waals surface area (Å²) >= 11 is 0. The smallest absolute Gasteiger partial charge is 0.218 e. The summed E-state index contributed by atoms with van der Waals surface area (Å²) in [5.74, 6) is 1.57. The number of ether oxygens (including phenoxy) is 1. The van der Waals surface area contributed by atoms with E-state index in [1.807, 2.05) is 13.0 Å². The Morgan fingerprint density at radius 2 is 2.05 bits per heavy atom. The molecular formula is C13H22N4O2. The van der Waals surface area contributed by atoms with Crippen LogP contribution in [0.25, 0.3) is 0 Å². The average Bonchev–Trinajstić information content (AvgIpc) is 2.46. The molecule has 1 saturated heterocycles. The van der Waals surface area contributed by atoms with Gasteiger partial charge in [0.25, 0.3) is 0 Å². The van der Waals surface area contributed by atoms with E-state index < -0.39 is 0 Å². The van der Waals surface area contributed by atoms with E-state index in [-0.39, 0.29) is 6.61 Å². The predicted octanol–water partition coefficient (Wildman–Crippen LogP) is 0.380. The highest BCUT2D eigenvalue weighted by Crippen LogP contribution is 2.17. The van der Waals surface area contributed by atoms with Crippen molar-refractivity contribution in [3.05, 3.63) is 12.4 Å². The van der Waals surface area contributed by atoms with Crippen LogP contribution in [-0.2, 0) is 0 Å². The zero-order valence-electron chi connectivity index (χ0n) is 11.5. The monoisotopic (exact) mass is 266 g/mol. The molecular weight excluding hydrogens is 244 g/mol. The largest absolute Gasteiger partial charge is 0.478 e. The highest BCUT2D eigenvalue weighted by atomic mass is 16.5. The van der Waals surface area contributed by atoms with Crippen LogP contribution < -0.4 is 9.64 Å². The Kier molecular flexibility index (Phi) is 5.35. The molecule has 1 fully saturated rings. The molecule has 0 unspecified atom stereocenters. The number of rotatable bonds is 6. The van der Waals surface area contributed by atoms with Gasteiger partial charge >= 0.3 is 0 Å². The van der Waals surface area contributed by atoms with E-state index in [9.17, 15) is 0 Å². The fraction of sp³-hybridized carbons (Fsp3) is 0.692. The first-order chi connectivity index (χ1) is 9.33. The van der Waals surface area contributed by atoms with Gasteiger partial charge in [0.2, 0.25) is 5.88 Å². The third-order valence-electron chi connectivity index (χ3n) is 3.25. The lowest BCUT2D eigenvalue weighted by molar-refractivity contribution is 0.215. The lowest BCUT2D eigenvalue weighted by Crippen LogP contribution is -2.47. The molecule has 106 valence electrons. The first kappa shape index (κ1) is 14.0. The predicted molar refractivity (Wildman–Crippen MR) is 73.6 cm³/mol. The van der Waals surface area contributed by atoms with Crippen molar-refractivity contribution in [3.8, 4) is 5.88 Å². The Labute approximate surface area is 114 Å². The molecule has 0 saturated carbocycles. The van der Waals surface area contributed by atoms with Crippen molar-refractivity contribution in [2.45, 2.75) is 13.3 Å². The molecule has 6 nitrogen and oxygen atoms in total. The zero-order valence-corrected chi connectivity index (χ0v) is 11.5. The van der Waals surface area contributed by atoms with Gasteiger partial charge in [0.05, 0.1) is 6.61 Å². The maximum Gasteiger partial charge on any atom is 0.218 e. The molecule has 1 aliphatic heterocycles. The standard InChI is InChI=1S/C13H22N4O2/c1-2-19-13-10-12(14-11-15-13)17-7-5-16(6-8-17)4-3-9-18/h10-11,18H,2-9H2,1H3. The van der Waals surface area contributed by atoms with Crippen molar-refractivity contribution in [1.82, 2.24) is 14.9 Å². The minimum atomic E-state index is 0.268. The maximum atomic E-state index is 8.84. The highest BCUT2D eigenvalue weighted by molar-refractivity contribution is 5.41. The lowest BCUT2D eigenvalue weighted by Gasteiger charge is -2.35. The molecule has 0 radical (unpaired) electrons. The van der Waals surface area contributed by atoms with Crippen molar-refractivity contribution >= 4 is 5.82 Å². The summed E-state index contributed by atoms with van der Waals surface area (Å²) < 4.78 is 5.40. The topological polar surface area (TPSA) is 61.7 Å². The third kappa shape index (κ3) is 4.04. The van der Waals surface area contributed by atoms with Crippen LogP contribution in [0.15, 0.2) is 12.4 Å². The van der Waals surface area contributed by atoms with Crippen LogP contribution in [0.4, 0.5) is 5.82 Å². The average molecular weight is 266 g/mol. The van der Waals surface area contributed by atoms with Gasteiger partial charge in [-0.1, -0.05) is 0 Å². The second-order valence-corrected chi connectivity index (χ2v) is 4.55. The number of piperazine rings is 1. The first-order valence-corrected chi connectivity index (χ1v) is 6.86. The van der Waals surface area contributed by atoms with Gasteiger partial charge in [-0.2, -0.15) is 0 Å². The molecule has 0 aliphatic carbocycles. The Morgan fingerprint density at radius 1 is 1.26 bits per heavy atom. The molecule has 0 amide bonds. The summed E-state index contributed by atoms with van der Waals surface area (Å²) in [6.45, 7) is 7.72. The number of hydrogen-bond acceptors (Lipinski definition) is 6. The number of aliphatic hydroxyl groups excluding tert-OH is 1. The van der Waals surface area contributed by atoms with Gasteiger partial charge in [-0.3, -0.25) is 4.90 Å². The van der Waals surface area contributed by atoms with Crippen LogP contribution in [0.5, 0.6) is 5.88 Å². The second-order valence-electron chi connectivity index (χ2n) is 4.55. The van der Waals surface area contributed by atoms with Crippen molar-refractivity contribution < 1.29 is 9.84 Å². The van der Waals surface area contributed by atoms with E-state index in [0.29, 0.717) is 12.5 Å². The molecule has 0 spiro atoms. The van der Waals surface area contributed by atoms with Crippen LogP contribution in [0.3, 0.4) is 0 Å². The molecule has 19 heavy (non-hydrogen) atoms. The van der Waals surface area contributed by atoms with Crippen molar-refractivity contribution in [3.63, 3.8) is 0 Å². The van der Waals surface area contributed by atoms with Crippen LogP contribution in [0.1, 0.15) is 13.3 Å². The van der Waals surface area contributed by atoms with Gasteiger partial charge in [-0.15, -0.1) is 0 Å². The lowest BCUT2D eigenvalue weighted by atomic mass is 10.3. The SMILES string of the molecule is CCOc1cc(N2CCN(CCCO)CC2)ncn1. The van der Waals surface area contributed by atoms with Crippen LogP contribution in [0.2, 0.25) is 0 Å². The van der Waals surface area contributed by atoms with Crippen molar-refractivity contribution in [1.29, 1.82) is 0 Å². The summed E-state index contributed by atoms with van der Waals surface area (Å²) in [5.41, 5.74) is 0. The molecule has 1 aromatic rings. The molecule has 0 atom stereocenters. The Balaban J connectivity index is 1.88. The zero-order chi connectivity index (χ0) is 13.5. The number of anilines is 1. The van der Waals surface area contributed by atoms with Gasteiger partial charge in [0, 0.05) is 45.4 Å². The van der Waals surface area contributed by atoms with Crippen molar-refractivity contribution in [2.75, 3.05) is 50.8 Å². The molecule has 0 bridgehead atoms. The van der Waals surface area contributed by atoms with Gasteiger partial charge in [-0.25, -0.2) is 9.97 Å². The molecule has 0 aromatic carbocycles. The highest BCUT2D eigenvalue weighted by Gasteiger charge is 2.18. The van der Waals surface area contributed by atoms with E-state index in [4.69, 9.17) is 9.84 Å². The Hall–Kier alpha value is -1.40. The molecule has 1 N–H and O–H groups in total. The summed E-state index contributed by atoms with van der Waals surface area (Å²) in [6, 6.07) is 1.90. The second kappa shape index (κ2) is 7.25. The summed E-state index contributed by atoms with van der Waals surface area (Å²) in [7, 11) is 0. The Morgan fingerprint density at radius 3 is 2.74 bits per heavy atom. The van der Waals surface area contributed by atoms with E-state index in [2.05, 4.69) is 19.8 Å². The fourth-order valence-corrected chi connectivity index (χ4v) is 2.22. The molecule has 6 heteroatoms. The van der Waals surface area contributed by atoms with E-state index in [1.54, 1.807) is 6.33 Å². The molecule has 1 aromatic heterocycles. The number of aromatic nitrogens is 2. The summed E-state index contributed by atoms with van der Waals surface area (Å²) in [5, 5.41) is 8.84. The minimum Gasteiger partial charge on any atom is -0.478 e. The van der Waals surface area contributed by atoms with Crippen molar-refractivity contribution in [2.24, 2.45) is 0 Å². The quantitative estimate of drug-likeness (QED) is 0.803. The third-order valence-corrected chi connectivity index (χ3v) is 3.25. The van der Waals surface area contributed by atoms with Gasteiger partial charge in [0.15, 0.2) is 0 Å². The van der Waals surface area contributed by atoms with Gasteiger partial charge in [-0.05, 0) is 13.3 Å². The number of hydrogen-bond donors (Lipinski definition) is 1. The number of nitrogens with zero attached hydrogens (tertiary/aromatic N) is 4. The fourth-order valence-electron chi connectivity index (χ4n) is 2.22. The molecule has 2 rings (SSSR count). The van der Waals surface area contributed by atoms with Gasteiger partial charge in [0.1, 0.15) is 12.1 Å². The van der Waals surface area contributed by atoms with Crippen LogP contribution >= 0.6 is 0 Å². The summed E-state index contributed by atoms with van der Waals surface area (Å²) in [6.07, 6.45) is 2.40. The van der Waals surface area contributed by atoms with Crippen LogP contribution in [0, 0.1) is 0 Å². The molecule has 2 heterocycles. The number of aliphatic hydroxyl groups is 1. The van der Waals surface area contributed by atoms with Gasteiger partial charge < -0.3 is 14.7 Å². The van der Waals surface area contributed by atoms with Crippen LogP contribution in [-0.4, -0.2) is 65.9 Å². The Bertz CT molecular complexity index is 381. The normalized spacial score (nSPS) is 16.6. The molecule has 1 aliphatic rings. The summed E-state index contributed by atoms with van der Waals surface area (Å²) in [4.78, 5) is 13.0. The maximum absolute atomic E-state index is 8.84. The van der Waals surface area contributed by atoms with E-state index in [0.717, 1.165) is 45.0 Å². The van der Waals surface area contributed by atoms with E-state index in [1.165, 1.54) is 0 Å². The van der Waals surface area contributed by atoms with E-state index >= 15 is 0 Å².